The van der Waals surface area contributed by atoms with Crippen LogP contribution in [0.3, 0.4) is 0 Å². The highest BCUT2D eigenvalue weighted by molar-refractivity contribution is 9.10. The highest BCUT2D eigenvalue weighted by Gasteiger charge is 2.01. The molecule has 0 spiro atoms. The van der Waals surface area contributed by atoms with E-state index in [0.29, 0.717) is 5.56 Å². The molecule has 0 amide bonds. The summed E-state index contributed by atoms with van der Waals surface area (Å²) >= 11 is 3.38. The minimum atomic E-state index is 0.00516. The lowest BCUT2D eigenvalue weighted by Gasteiger charge is -2.00. The number of hydrogen-bond donors (Lipinski definition) is 1. The van der Waals surface area contributed by atoms with Crippen LogP contribution in [0.5, 0.6) is 0 Å². The van der Waals surface area contributed by atoms with Crippen molar-refractivity contribution in [3.8, 4) is 0 Å². The first-order valence-corrected chi connectivity index (χ1v) is 6.74. The highest BCUT2D eigenvalue weighted by Crippen LogP contribution is 2.13. The van der Waals surface area contributed by atoms with Crippen LogP contribution in [0.1, 0.15) is 15.9 Å². The van der Waals surface area contributed by atoms with Crippen molar-refractivity contribution in [2.45, 2.75) is 0 Å². The number of anilines is 1. The fourth-order valence-electron chi connectivity index (χ4n) is 1.64. The normalized spacial score (nSPS) is 10.6. The summed E-state index contributed by atoms with van der Waals surface area (Å²) in [6.07, 6.45) is 3.42. The number of benzene rings is 2. The van der Waals surface area contributed by atoms with E-state index in [2.05, 4.69) is 21.2 Å². The Balaban J connectivity index is 2.09. The van der Waals surface area contributed by atoms with Crippen LogP contribution in [0.25, 0.3) is 6.08 Å². The first kappa shape index (κ1) is 13.6. The quantitative estimate of drug-likeness (QED) is 0.669. The van der Waals surface area contributed by atoms with Gasteiger partial charge in [-0.3, -0.25) is 4.79 Å². The molecule has 2 nitrogen and oxygen atoms in total. The maximum atomic E-state index is 12.0. The molecule has 0 aromatic heterocycles. The molecule has 0 radical (unpaired) electrons. The van der Waals surface area contributed by atoms with Crippen molar-refractivity contribution in [3.63, 3.8) is 0 Å². The van der Waals surface area contributed by atoms with Gasteiger partial charge in [0.05, 0.1) is 0 Å². The van der Waals surface area contributed by atoms with Crippen LogP contribution < -0.4 is 5.32 Å². The summed E-state index contributed by atoms with van der Waals surface area (Å²) in [6.45, 7) is 0. The SMILES string of the molecule is CNc1ccc(C(=O)/C=C/c2ccc(Br)cc2)cc1. The van der Waals surface area contributed by atoms with E-state index in [-0.39, 0.29) is 5.78 Å². The van der Waals surface area contributed by atoms with Crippen molar-refractivity contribution in [2.75, 3.05) is 12.4 Å². The number of rotatable bonds is 4. The number of carbonyl (C=O) groups is 1. The third-order valence-electron chi connectivity index (χ3n) is 2.76. The summed E-state index contributed by atoms with van der Waals surface area (Å²) in [5.74, 6) is 0.00516. The van der Waals surface area contributed by atoms with Crippen LogP contribution in [0, 0.1) is 0 Å². The predicted octanol–water partition coefficient (Wildman–Crippen LogP) is 4.39. The molecule has 0 aliphatic rings. The Bertz CT molecular complexity index is 585. The van der Waals surface area contributed by atoms with Gasteiger partial charge in [-0.25, -0.2) is 0 Å². The van der Waals surface area contributed by atoms with Crippen LogP contribution in [-0.2, 0) is 0 Å². The van der Waals surface area contributed by atoms with Crippen molar-refractivity contribution in [1.29, 1.82) is 0 Å². The van der Waals surface area contributed by atoms with E-state index >= 15 is 0 Å². The Kier molecular flexibility index (Phi) is 4.53. The Morgan fingerprint density at radius 3 is 2.26 bits per heavy atom. The Morgan fingerprint density at radius 2 is 1.68 bits per heavy atom. The zero-order valence-electron chi connectivity index (χ0n) is 10.6. The van der Waals surface area contributed by atoms with Crippen LogP contribution in [0.15, 0.2) is 59.1 Å². The van der Waals surface area contributed by atoms with Crippen LogP contribution in [0.4, 0.5) is 5.69 Å². The van der Waals surface area contributed by atoms with E-state index in [1.807, 2.05) is 61.7 Å². The number of allylic oxidation sites excluding steroid dienone is 1. The lowest BCUT2D eigenvalue weighted by Crippen LogP contribution is -1.95. The number of nitrogens with one attached hydrogen (secondary N) is 1. The maximum absolute atomic E-state index is 12.0. The Labute approximate surface area is 121 Å². The minimum absolute atomic E-state index is 0.00516. The number of halogens is 1. The highest BCUT2D eigenvalue weighted by atomic mass is 79.9. The monoisotopic (exact) mass is 315 g/mol. The first-order chi connectivity index (χ1) is 9.19. The number of ketones is 1. The standard InChI is InChI=1S/C16H14BrNO/c1-18-15-9-5-13(6-10-15)16(19)11-4-12-2-7-14(17)8-3-12/h2-11,18H,1H3/b11-4+. The van der Waals surface area contributed by atoms with Gasteiger partial charge < -0.3 is 5.32 Å². The molecular weight excluding hydrogens is 302 g/mol. The topological polar surface area (TPSA) is 29.1 Å². The Hall–Kier alpha value is -1.87. The van der Waals surface area contributed by atoms with Gasteiger partial charge in [0.2, 0.25) is 0 Å². The fraction of sp³-hybridized carbons (Fsp3) is 0.0625. The maximum Gasteiger partial charge on any atom is 0.185 e. The minimum Gasteiger partial charge on any atom is -0.388 e. The molecule has 0 unspecified atom stereocenters. The van der Waals surface area contributed by atoms with Gasteiger partial charge in [0.15, 0.2) is 5.78 Å². The van der Waals surface area contributed by atoms with E-state index in [9.17, 15) is 4.79 Å². The van der Waals surface area contributed by atoms with E-state index < -0.39 is 0 Å². The van der Waals surface area contributed by atoms with Gasteiger partial charge in [-0.2, -0.15) is 0 Å². The van der Waals surface area contributed by atoms with Gasteiger partial charge >= 0.3 is 0 Å². The number of carbonyl (C=O) groups excluding carboxylic acids is 1. The van der Waals surface area contributed by atoms with Gasteiger partial charge in [0.25, 0.3) is 0 Å². The van der Waals surface area contributed by atoms with E-state index in [1.54, 1.807) is 6.08 Å². The van der Waals surface area contributed by atoms with Gasteiger partial charge in [0.1, 0.15) is 0 Å². The summed E-state index contributed by atoms with van der Waals surface area (Å²) in [7, 11) is 1.85. The summed E-state index contributed by atoms with van der Waals surface area (Å²) in [5, 5.41) is 3.02. The fourth-order valence-corrected chi connectivity index (χ4v) is 1.91. The van der Waals surface area contributed by atoms with Crippen LogP contribution in [0.2, 0.25) is 0 Å². The van der Waals surface area contributed by atoms with Crippen LogP contribution >= 0.6 is 15.9 Å². The second-order valence-electron chi connectivity index (χ2n) is 4.08. The largest absolute Gasteiger partial charge is 0.388 e. The van der Waals surface area contributed by atoms with Crippen LogP contribution in [-0.4, -0.2) is 12.8 Å². The van der Waals surface area contributed by atoms with Gasteiger partial charge in [-0.1, -0.05) is 34.1 Å². The predicted molar refractivity (Wildman–Crippen MR) is 83.5 cm³/mol. The zero-order valence-corrected chi connectivity index (χ0v) is 12.1. The molecule has 3 heteroatoms. The van der Waals surface area contributed by atoms with Crippen molar-refractivity contribution in [1.82, 2.24) is 0 Å². The average molecular weight is 316 g/mol. The summed E-state index contributed by atoms with van der Waals surface area (Å²) in [6, 6.07) is 15.2. The molecule has 2 rings (SSSR count). The van der Waals surface area contributed by atoms with E-state index in [4.69, 9.17) is 0 Å². The van der Waals surface area contributed by atoms with Crippen molar-refractivity contribution < 1.29 is 4.79 Å². The lowest BCUT2D eigenvalue weighted by atomic mass is 10.1. The van der Waals surface area contributed by atoms with Gasteiger partial charge in [-0.05, 0) is 48.0 Å². The second kappa shape index (κ2) is 6.34. The lowest BCUT2D eigenvalue weighted by molar-refractivity contribution is 0.104. The molecule has 1 N–H and O–H groups in total. The third-order valence-corrected chi connectivity index (χ3v) is 3.28. The molecular formula is C16H14BrNO. The second-order valence-corrected chi connectivity index (χ2v) is 4.99. The molecule has 0 aliphatic carbocycles. The summed E-state index contributed by atoms with van der Waals surface area (Å²) < 4.78 is 1.03. The first-order valence-electron chi connectivity index (χ1n) is 5.95. The molecule has 2 aromatic carbocycles. The smallest absolute Gasteiger partial charge is 0.185 e. The summed E-state index contributed by atoms with van der Waals surface area (Å²) in [5.41, 5.74) is 2.68. The Morgan fingerprint density at radius 1 is 1.05 bits per heavy atom. The van der Waals surface area contributed by atoms with E-state index in [1.165, 1.54) is 0 Å². The van der Waals surface area contributed by atoms with Gasteiger partial charge in [-0.15, -0.1) is 0 Å². The van der Waals surface area contributed by atoms with E-state index in [0.717, 1.165) is 15.7 Å². The molecule has 19 heavy (non-hydrogen) atoms. The molecule has 0 aliphatic heterocycles. The average Bonchev–Trinajstić information content (AvgIpc) is 2.46. The van der Waals surface area contributed by atoms with Crippen molar-refractivity contribution in [3.05, 3.63) is 70.2 Å². The third kappa shape index (κ3) is 3.80. The number of hydrogen-bond acceptors (Lipinski definition) is 2. The molecule has 0 bridgehead atoms. The summed E-state index contributed by atoms with van der Waals surface area (Å²) in [4.78, 5) is 12.0. The molecule has 0 saturated carbocycles. The van der Waals surface area contributed by atoms with Crippen molar-refractivity contribution >= 4 is 33.5 Å². The molecule has 2 aromatic rings. The van der Waals surface area contributed by atoms with Gasteiger partial charge in [0, 0.05) is 22.8 Å². The molecule has 0 heterocycles. The molecule has 96 valence electrons. The molecule has 0 saturated heterocycles. The van der Waals surface area contributed by atoms with Crippen molar-refractivity contribution in [2.24, 2.45) is 0 Å². The zero-order chi connectivity index (χ0) is 13.7. The molecule has 0 fully saturated rings. The molecule has 0 atom stereocenters.